The van der Waals surface area contributed by atoms with Gasteiger partial charge in [-0.3, -0.25) is 0 Å². The van der Waals surface area contributed by atoms with Gasteiger partial charge in [0, 0.05) is 6.20 Å². The van der Waals surface area contributed by atoms with Crippen molar-refractivity contribution in [2.75, 3.05) is 0 Å². The largest absolute Gasteiger partial charge is 0.422 e. The second-order valence-electron chi connectivity index (χ2n) is 4.14. The minimum Gasteiger partial charge on any atom is -0.422 e. The van der Waals surface area contributed by atoms with Crippen LogP contribution in [0.25, 0.3) is 5.82 Å². The maximum atomic E-state index is 12.2. The molecule has 0 fully saturated rings. The predicted molar refractivity (Wildman–Crippen MR) is 77.8 cm³/mol. The van der Waals surface area contributed by atoms with Crippen LogP contribution in [0, 0.1) is 0 Å². The molecule has 3 aromatic rings. The van der Waals surface area contributed by atoms with E-state index in [-0.39, 0.29) is 5.69 Å². The molecule has 2 aromatic heterocycles. The maximum Gasteiger partial charge on any atom is 0.362 e. The average molecular weight is 300 g/mol. The molecule has 0 aliphatic carbocycles. The second-order valence-corrected chi connectivity index (χ2v) is 4.55. The van der Waals surface area contributed by atoms with Crippen molar-refractivity contribution in [2.45, 2.75) is 0 Å². The van der Waals surface area contributed by atoms with Gasteiger partial charge in [0.25, 0.3) is 0 Å². The summed E-state index contributed by atoms with van der Waals surface area (Å²) in [6.45, 7) is 0. The van der Waals surface area contributed by atoms with E-state index in [1.165, 1.54) is 10.9 Å². The Morgan fingerprint density at radius 1 is 1.05 bits per heavy atom. The van der Waals surface area contributed by atoms with Gasteiger partial charge in [-0.15, -0.1) is 0 Å². The number of nitrogens with zero attached hydrogens (tertiary/aromatic N) is 3. The second kappa shape index (κ2) is 5.76. The summed E-state index contributed by atoms with van der Waals surface area (Å²) in [6.07, 6.45) is 3.07. The Balaban J connectivity index is 1.93. The molecule has 0 radical (unpaired) electrons. The molecule has 2 heterocycles. The summed E-state index contributed by atoms with van der Waals surface area (Å²) in [6, 6.07) is 13.8. The fourth-order valence-corrected chi connectivity index (χ4v) is 2.01. The molecule has 0 aliphatic rings. The third kappa shape index (κ3) is 2.78. The van der Waals surface area contributed by atoms with Crippen LogP contribution >= 0.6 is 11.6 Å². The van der Waals surface area contributed by atoms with Crippen molar-refractivity contribution >= 4 is 17.6 Å². The number of hydrogen-bond acceptors (Lipinski definition) is 4. The average Bonchev–Trinajstić information content (AvgIpc) is 2.98. The first kappa shape index (κ1) is 13.3. The van der Waals surface area contributed by atoms with Crippen molar-refractivity contribution in [3.8, 4) is 11.6 Å². The van der Waals surface area contributed by atoms with Crippen molar-refractivity contribution in [1.29, 1.82) is 0 Å². The number of carbonyl (C=O) groups excluding carboxylic acids is 1. The van der Waals surface area contributed by atoms with Crippen LogP contribution in [0.5, 0.6) is 5.75 Å². The lowest BCUT2D eigenvalue weighted by molar-refractivity contribution is 0.0725. The molecule has 0 aliphatic heterocycles. The molecule has 6 heteroatoms. The van der Waals surface area contributed by atoms with E-state index < -0.39 is 5.97 Å². The van der Waals surface area contributed by atoms with Gasteiger partial charge in [0.2, 0.25) is 0 Å². The summed E-state index contributed by atoms with van der Waals surface area (Å²) in [5.74, 6) is 0.312. The standard InChI is InChI=1S/C15H10ClN3O2/c16-12-7-4-9-17-14(12)19-13(8-10-18-19)15(20)21-11-5-2-1-3-6-11/h1-10H. The highest BCUT2D eigenvalue weighted by Crippen LogP contribution is 2.19. The number of esters is 1. The number of pyridine rings is 1. The Morgan fingerprint density at radius 2 is 1.86 bits per heavy atom. The summed E-state index contributed by atoms with van der Waals surface area (Å²) in [4.78, 5) is 16.4. The topological polar surface area (TPSA) is 57.0 Å². The summed E-state index contributed by atoms with van der Waals surface area (Å²) in [5, 5.41) is 4.48. The number of rotatable bonds is 3. The molecule has 5 nitrogen and oxygen atoms in total. The van der Waals surface area contributed by atoms with Crippen LogP contribution in [0.2, 0.25) is 5.02 Å². The van der Waals surface area contributed by atoms with Crippen molar-refractivity contribution < 1.29 is 9.53 Å². The van der Waals surface area contributed by atoms with E-state index >= 15 is 0 Å². The van der Waals surface area contributed by atoms with Crippen LogP contribution < -0.4 is 4.74 Å². The minimum atomic E-state index is -0.527. The number of hydrogen-bond donors (Lipinski definition) is 0. The highest BCUT2D eigenvalue weighted by atomic mass is 35.5. The van der Waals surface area contributed by atoms with E-state index in [1.54, 1.807) is 48.7 Å². The zero-order chi connectivity index (χ0) is 14.7. The normalized spacial score (nSPS) is 10.3. The van der Waals surface area contributed by atoms with E-state index in [4.69, 9.17) is 16.3 Å². The molecular weight excluding hydrogens is 290 g/mol. The van der Waals surface area contributed by atoms with E-state index in [9.17, 15) is 4.79 Å². The summed E-state index contributed by atoms with van der Waals surface area (Å²) in [5.41, 5.74) is 0.249. The smallest absolute Gasteiger partial charge is 0.362 e. The monoisotopic (exact) mass is 299 g/mol. The molecule has 0 unspecified atom stereocenters. The molecule has 0 spiro atoms. The van der Waals surface area contributed by atoms with Gasteiger partial charge in [-0.25, -0.2) is 14.5 Å². The number of carbonyl (C=O) groups is 1. The van der Waals surface area contributed by atoms with Gasteiger partial charge in [-0.2, -0.15) is 5.10 Å². The SMILES string of the molecule is O=C(Oc1ccccc1)c1ccnn1-c1ncccc1Cl. The van der Waals surface area contributed by atoms with Gasteiger partial charge in [-0.05, 0) is 30.3 Å². The van der Waals surface area contributed by atoms with E-state index in [1.807, 2.05) is 6.07 Å². The van der Waals surface area contributed by atoms with Crippen LogP contribution in [0.4, 0.5) is 0 Å². The molecule has 0 saturated carbocycles. The number of ether oxygens (including phenoxy) is 1. The summed E-state index contributed by atoms with van der Waals surface area (Å²) < 4.78 is 6.64. The van der Waals surface area contributed by atoms with Crippen LogP contribution in [0.1, 0.15) is 10.5 Å². The first-order chi connectivity index (χ1) is 10.3. The highest BCUT2D eigenvalue weighted by molar-refractivity contribution is 6.32. The first-order valence-corrected chi connectivity index (χ1v) is 6.55. The fourth-order valence-electron chi connectivity index (χ4n) is 1.81. The first-order valence-electron chi connectivity index (χ1n) is 6.18. The fraction of sp³-hybridized carbons (Fsp3) is 0. The minimum absolute atomic E-state index is 0.249. The molecule has 3 rings (SSSR count). The molecular formula is C15H10ClN3O2. The van der Waals surface area contributed by atoms with Crippen molar-refractivity contribution in [3.63, 3.8) is 0 Å². The van der Waals surface area contributed by atoms with Crippen molar-refractivity contribution in [3.05, 3.63) is 71.6 Å². The lowest BCUT2D eigenvalue weighted by Gasteiger charge is -2.07. The number of halogens is 1. The van der Waals surface area contributed by atoms with E-state index in [0.717, 1.165) is 0 Å². The molecule has 104 valence electrons. The zero-order valence-electron chi connectivity index (χ0n) is 10.8. The van der Waals surface area contributed by atoms with E-state index in [0.29, 0.717) is 16.6 Å². The Hall–Kier alpha value is -2.66. The summed E-state index contributed by atoms with van der Waals surface area (Å²) in [7, 11) is 0. The summed E-state index contributed by atoms with van der Waals surface area (Å²) >= 11 is 6.08. The van der Waals surface area contributed by atoms with Gasteiger partial charge < -0.3 is 4.74 Å². The molecule has 1 aromatic carbocycles. The zero-order valence-corrected chi connectivity index (χ0v) is 11.6. The molecule has 21 heavy (non-hydrogen) atoms. The van der Waals surface area contributed by atoms with Crippen LogP contribution in [0.3, 0.4) is 0 Å². The molecule has 0 amide bonds. The van der Waals surface area contributed by atoms with Crippen LogP contribution in [-0.4, -0.2) is 20.7 Å². The van der Waals surface area contributed by atoms with Crippen molar-refractivity contribution in [1.82, 2.24) is 14.8 Å². The number of aromatic nitrogens is 3. The number of para-hydroxylation sites is 1. The van der Waals surface area contributed by atoms with Gasteiger partial charge >= 0.3 is 5.97 Å². The van der Waals surface area contributed by atoms with Crippen LogP contribution in [-0.2, 0) is 0 Å². The number of benzene rings is 1. The Bertz CT molecular complexity index is 771. The Kier molecular flexibility index (Phi) is 3.66. The predicted octanol–water partition coefficient (Wildman–Crippen LogP) is 3.14. The quantitative estimate of drug-likeness (QED) is 0.551. The third-order valence-electron chi connectivity index (χ3n) is 2.75. The Morgan fingerprint density at radius 3 is 2.62 bits per heavy atom. The van der Waals surface area contributed by atoms with E-state index in [2.05, 4.69) is 10.1 Å². The third-order valence-corrected chi connectivity index (χ3v) is 3.04. The molecule has 0 saturated heterocycles. The lowest BCUT2D eigenvalue weighted by Crippen LogP contribution is -2.15. The molecule has 0 bridgehead atoms. The van der Waals surface area contributed by atoms with Crippen molar-refractivity contribution in [2.24, 2.45) is 0 Å². The van der Waals surface area contributed by atoms with Gasteiger partial charge in [-0.1, -0.05) is 29.8 Å². The van der Waals surface area contributed by atoms with Gasteiger partial charge in [0.05, 0.1) is 11.2 Å². The molecule has 0 N–H and O–H groups in total. The van der Waals surface area contributed by atoms with Crippen LogP contribution in [0.15, 0.2) is 60.9 Å². The van der Waals surface area contributed by atoms with Gasteiger partial charge in [0.1, 0.15) is 5.75 Å². The molecule has 0 atom stereocenters. The highest BCUT2D eigenvalue weighted by Gasteiger charge is 2.17. The van der Waals surface area contributed by atoms with Gasteiger partial charge in [0.15, 0.2) is 11.5 Å². The Labute approximate surface area is 125 Å². The maximum absolute atomic E-state index is 12.2. The lowest BCUT2D eigenvalue weighted by atomic mass is 10.3.